The zero-order valence-corrected chi connectivity index (χ0v) is 15.4. The van der Waals surface area contributed by atoms with E-state index in [0.717, 1.165) is 12.8 Å². The summed E-state index contributed by atoms with van der Waals surface area (Å²) in [5, 5.41) is 0. The van der Waals surface area contributed by atoms with Gasteiger partial charge in [0.1, 0.15) is 12.0 Å². The third-order valence-electron chi connectivity index (χ3n) is 3.35. The summed E-state index contributed by atoms with van der Waals surface area (Å²) in [5.41, 5.74) is 6.66. The van der Waals surface area contributed by atoms with E-state index in [-0.39, 0.29) is 18.3 Å². The molecule has 1 aromatic carbocycles. The third kappa shape index (κ3) is 7.32. The summed E-state index contributed by atoms with van der Waals surface area (Å²) in [7, 11) is 0. The highest BCUT2D eigenvalue weighted by Gasteiger charge is 2.34. The Hall–Kier alpha value is -1.59. The smallest absolute Gasteiger partial charge is 0.324 e. The zero-order valence-electron chi connectivity index (χ0n) is 14.6. The third-order valence-corrected chi connectivity index (χ3v) is 3.35. The summed E-state index contributed by atoms with van der Waals surface area (Å²) in [6.07, 6.45) is 1.69. The molecule has 2 atom stereocenters. The molecule has 0 saturated carbocycles. The van der Waals surface area contributed by atoms with Crippen LogP contribution in [0.15, 0.2) is 30.3 Å². The number of esters is 2. The lowest BCUT2D eigenvalue weighted by Crippen LogP contribution is -2.42. The van der Waals surface area contributed by atoms with Crippen molar-refractivity contribution in [3.8, 4) is 0 Å². The minimum absolute atomic E-state index is 0. The highest BCUT2D eigenvalue weighted by Crippen LogP contribution is 2.22. The van der Waals surface area contributed by atoms with E-state index in [1.54, 1.807) is 24.3 Å². The first-order valence-corrected chi connectivity index (χ1v) is 8.11. The lowest BCUT2D eigenvalue weighted by atomic mass is 9.92. The van der Waals surface area contributed by atoms with Gasteiger partial charge in [-0.2, -0.15) is 0 Å². The van der Waals surface area contributed by atoms with Crippen LogP contribution in [-0.2, 0) is 19.1 Å². The molecular weight excluding hydrogens is 330 g/mol. The lowest BCUT2D eigenvalue weighted by molar-refractivity contribution is -0.154. The Bertz CT molecular complexity index is 493. The Labute approximate surface area is 150 Å². The summed E-state index contributed by atoms with van der Waals surface area (Å²) in [5.74, 6) is -1.72. The van der Waals surface area contributed by atoms with Crippen LogP contribution in [0.25, 0.3) is 0 Å². The molecule has 0 aliphatic carbocycles. The Morgan fingerprint density at radius 3 is 2.25 bits per heavy atom. The van der Waals surface area contributed by atoms with Crippen LogP contribution in [0.4, 0.5) is 0 Å². The second-order valence-corrected chi connectivity index (χ2v) is 5.96. The van der Waals surface area contributed by atoms with Gasteiger partial charge in [-0.3, -0.25) is 9.59 Å². The topological polar surface area (TPSA) is 78.6 Å². The highest BCUT2D eigenvalue weighted by molar-refractivity contribution is 5.88. The average molecular weight is 358 g/mol. The highest BCUT2D eigenvalue weighted by atomic mass is 35.5. The van der Waals surface area contributed by atoms with Crippen LogP contribution < -0.4 is 5.73 Å². The van der Waals surface area contributed by atoms with Gasteiger partial charge in [-0.1, -0.05) is 57.5 Å². The number of carbonyl (C=O) groups is 2. The fourth-order valence-corrected chi connectivity index (χ4v) is 2.04. The molecule has 0 radical (unpaired) electrons. The fourth-order valence-electron chi connectivity index (χ4n) is 2.04. The van der Waals surface area contributed by atoms with Gasteiger partial charge in [-0.25, -0.2) is 0 Å². The van der Waals surface area contributed by atoms with Gasteiger partial charge in [-0.05, 0) is 17.9 Å². The van der Waals surface area contributed by atoms with Crippen LogP contribution in [0.1, 0.15) is 45.1 Å². The normalized spacial score (nSPS) is 12.9. The van der Waals surface area contributed by atoms with Crippen molar-refractivity contribution < 1.29 is 19.1 Å². The van der Waals surface area contributed by atoms with E-state index in [0.29, 0.717) is 18.8 Å². The predicted molar refractivity (Wildman–Crippen MR) is 96.1 cm³/mol. The van der Waals surface area contributed by atoms with Crippen molar-refractivity contribution >= 4 is 24.3 Å². The number of unbranched alkanes of at least 4 members (excludes halogenated alkanes) is 1. The molecule has 0 heterocycles. The van der Waals surface area contributed by atoms with E-state index < -0.39 is 23.9 Å². The molecule has 24 heavy (non-hydrogen) atoms. The number of rotatable bonds is 9. The molecule has 136 valence electrons. The SMILES string of the molecule is CCCCOC(=O)C(N)C(C(=O)OCC(C)C)c1ccccc1.Cl. The van der Waals surface area contributed by atoms with Gasteiger partial charge in [0.05, 0.1) is 13.2 Å². The number of nitrogens with two attached hydrogens (primary N) is 1. The molecule has 0 bridgehead atoms. The molecule has 0 aromatic heterocycles. The number of hydrogen-bond acceptors (Lipinski definition) is 5. The summed E-state index contributed by atoms with van der Waals surface area (Å²) in [4.78, 5) is 24.5. The maximum Gasteiger partial charge on any atom is 0.324 e. The van der Waals surface area contributed by atoms with Gasteiger partial charge < -0.3 is 15.2 Å². The van der Waals surface area contributed by atoms with Crippen LogP contribution in [0, 0.1) is 5.92 Å². The average Bonchev–Trinajstić information content (AvgIpc) is 2.54. The molecule has 0 fully saturated rings. The molecule has 5 nitrogen and oxygen atoms in total. The Balaban J connectivity index is 0.00000529. The van der Waals surface area contributed by atoms with Gasteiger partial charge in [0, 0.05) is 0 Å². The van der Waals surface area contributed by atoms with Gasteiger partial charge in [0.15, 0.2) is 0 Å². The van der Waals surface area contributed by atoms with E-state index in [2.05, 4.69) is 0 Å². The fraction of sp³-hybridized carbons (Fsp3) is 0.556. The van der Waals surface area contributed by atoms with Crippen molar-refractivity contribution in [1.82, 2.24) is 0 Å². The van der Waals surface area contributed by atoms with Crippen LogP contribution in [0.2, 0.25) is 0 Å². The standard InChI is InChI=1S/C18H27NO4.ClH/c1-4-5-11-22-18(21)16(19)15(14-9-7-6-8-10-14)17(20)23-12-13(2)3;/h6-10,13,15-16H,4-5,11-12,19H2,1-3H3;1H. The summed E-state index contributed by atoms with van der Waals surface area (Å²) in [6.45, 7) is 6.50. The molecule has 0 saturated heterocycles. The first-order valence-electron chi connectivity index (χ1n) is 8.11. The van der Waals surface area contributed by atoms with E-state index in [1.165, 1.54) is 0 Å². The zero-order chi connectivity index (χ0) is 17.2. The van der Waals surface area contributed by atoms with Gasteiger partial charge in [0.25, 0.3) is 0 Å². The lowest BCUT2D eigenvalue weighted by Gasteiger charge is -2.22. The van der Waals surface area contributed by atoms with Crippen molar-refractivity contribution in [3.05, 3.63) is 35.9 Å². The predicted octanol–water partition coefficient (Wildman–Crippen LogP) is 3.06. The molecular formula is C18H28ClNO4. The van der Waals surface area contributed by atoms with Crippen LogP contribution in [0.5, 0.6) is 0 Å². The molecule has 0 aliphatic rings. The van der Waals surface area contributed by atoms with Gasteiger partial charge in [0.2, 0.25) is 0 Å². The molecule has 6 heteroatoms. The Morgan fingerprint density at radius 2 is 1.71 bits per heavy atom. The Morgan fingerprint density at radius 1 is 1.08 bits per heavy atom. The first-order chi connectivity index (χ1) is 11.0. The van der Waals surface area contributed by atoms with Crippen LogP contribution >= 0.6 is 12.4 Å². The largest absolute Gasteiger partial charge is 0.465 e. The summed E-state index contributed by atoms with van der Waals surface area (Å²) >= 11 is 0. The summed E-state index contributed by atoms with van der Waals surface area (Å²) in [6, 6.07) is 7.89. The molecule has 0 amide bonds. The summed E-state index contributed by atoms with van der Waals surface area (Å²) < 4.78 is 10.4. The van der Waals surface area contributed by atoms with Gasteiger partial charge >= 0.3 is 11.9 Å². The molecule has 0 aliphatic heterocycles. The molecule has 1 aromatic rings. The number of halogens is 1. The van der Waals surface area contributed by atoms with Crippen molar-refractivity contribution in [3.63, 3.8) is 0 Å². The monoisotopic (exact) mass is 357 g/mol. The minimum Gasteiger partial charge on any atom is -0.465 e. The number of benzene rings is 1. The quantitative estimate of drug-likeness (QED) is 0.542. The molecule has 1 rings (SSSR count). The van der Waals surface area contributed by atoms with Crippen LogP contribution in [-0.4, -0.2) is 31.2 Å². The van der Waals surface area contributed by atoms with E-state index in [4.69, 9.17) is 15.2 Å². The van der Waals surface area contributed by atoms with Crippen molar-refractivity contribution in [2.45, 2.75) is 45.6 Å². The Kier molecular flexibility index (Phi) is 11.1. The van der Waals surface area contributed by atoms with Crippen molar-refractivity contribution in [2.24, 2.45) is 11.7 Å². The molecule has 2 N–H and O–H groups in total. The minimum atomic E-state index is -1.08. The number of ether oxygens (including phenoxy) is 2. The van der Waals surface area contributed by atoms with E-state index in [1.807, 2.05) is 26.8 Å². The van der Waals surface area contributed by atoms with Crippen molar-refractivity contribution in [2.75, 3.05) is 13.2 Å². The van der Waals surface area contributed by atoms with Crippen LogP contribution in [0.3, 0.4) is 0 Å². The maximum absolute atomic E-state index is 12.4. The first kappa shape index (κ1) is 22.4. The van der Waals surface area contributed by atoms with E-state index in [9.17, 15) is 9.59 Å². The second-order valence-electron chi connectivity index (χ2n) is 5.96. The number of hydrogen-bond donors (Lipinski definition) is 1. The maximum atomic E-state index is 12.4. The second kappa shape index (κ2) is 11.9. The van der Waals surface area contributed by atoms with Gasteiger partial charge in [-0.15, -0.1) is 12.4 Å². The molecule has 2 unspecified atom stereocenters. The molecule has 0 spiro atoms. The van der Waals surface area contributed by atoms with Crippen molar-refractivity contribution in [1.29, 1.82) is 0 Å². The van der Waals surface area contributed by atoms with E-state index >= 15 is 0 Å². The number of carbonyl (C=O) groups excluding carboxylic acids is 2.